The Bertz CT molecular complexity index is 1400. The highest BCUT2D eigenvalue weighted by Crippen LogP contribution is 2.26. The predicted octanol–water partition coefficient (Wildman–Crippen LogP) is 6.02. The molecule has 0 aliphatic heterocycles. The summed E-state index contributed by atoms with van der Waals surface area (Å²) in [6.07, 6.45) is 1.55. The molecule has 0 aliphatic rings. The van der Waals surface area contributed by atoms with Crippen molar-refractivity contribution in [3.8, 4) is 17.0 Å². The Labute approximate surface area is 201 Å². The van der Waals surface area contributed by atoms with Gasteiger partial charge >= 0.3 is 0 Å². The Kier molecular flexibility index (Phi) is 6.54. The van der Waals surface area contributed by atoms with Crippen LogP contribution in [0.1, 0.15) is 21.8 Å². The molecule has 0 spiro atoms. The van der Waals surface area contributed by atoms with E-state index in [-0.39, 0.29) is 5.91 Å². The lowest BCUT2D eigenvalue weighted by Crippen LogP contribution is -2.13. The van der Waals surface area contributed by atoms with Crippen molar-refractivity contribution in [3.05, 3.63) is 102 Å². The van der Waals surface area contributed by atoms with Crippen LogP contribution < -0.4 is 10.1 Å². The molecule has 6 nitrogen and oxygen atoms in total. The molecule has 0 aliphatic carbocycles. The van der Waals surface area contributed by atoms with Crippen molar-refractivity contribution >= 4 is 33.3 Å². The van der Waals surface area contributed by atoms with Crippen LogP contribution in [-0.4, -0.2) is 27.7 Å². The fraction of sp³-hybridized carbons (Fsp3) is 0.111. The van der Waals surface area contributed by atoms with Gasteiger partial charge in [0.2, 0.25) is 5.13 Å². The van der Waals surface area contributed by atoms with Crippen LogP contribution in [0.5, 0.6) is 5.75 Å². The van der Waals surface area contributed by atoms with Crippen molar-refractivity contribution < 1.29 is 9.53 Å². The molecule has 0 fully saturated rings. The highest BCUT2D eigenvalue weighted by molar-refractivity contribution is 7.15. The van der Waals surface area contributed by atoms with Crippen molar-refractivity contribution in [1.29, 1.82) is 0 Å². The Morgan fingerprint density at radius 1 is 0.882 bits per heavy atom. The number of hydrogen-bond donors (Lipinski definition) is 1. The molecule has 5 rings (SSSR count). The molecule has 3 aromatic carbocycles. The third kappa shape index (κ3) is 5.10. The smallest absolute Gasteiger partial charge is 0.258 e. The normalized spacial score (nSPS) is 10.8. The maximum atomic E-state index is 13.2. The van der Waals surface area contributed by atoms with Gasteiger partial charge in [0.05, 0.1) is 23.4 Å². The molecule has 34 heavy (non-hydrogen) atoms. The molecule has 168 valence electrons. The number of para-hydroxylation sites is 2. The van der Waals surface area contributed by atoms with Crippen LogP contribution in [-0.2, 0) is 6.42 Å². The number of nitrogens with one attached hydrogen (secondary N) is 1. The quantitative estimate of drug-likeness (QED) is 0.283. The molecular formula is C27H22N4O2S. The first-order valence-electron chi connectivity index (χ1n) is 11.0. The summed E-state index contributed by atoms with van der Waals surface area (Å²) in [4.78, 5) is 18.0. The lowest BCUT2D eigenvalue weighted by atomic mass is 10.0. The fourth-order valence-electron chi connectivity index (χ4n) is 3.62. The van der Waals surface area contributed by atoms with Crippen LogP contribution in [0.25, 0.3) is 22.2 Å². The van der Waals surface area contributed by atoms with Gasteiger partial charge in [-0.2, -0.15) is 0 Å². The zero-order chi connectivity index (χ0) is 23.2. The van der Waals surface area contributed by atoms with Gasteiger partial charge in [-0.3, -0.25) is 10.1 Å². The summed E-state index contributed by atoms with van der Waals surface area (Å²) in [6, 6.07) is 29.0. The van der Waals surface area contributed by atoms with Gasteiger partial charge in [-0.1, -0.05) is 78.1 Å². The van der Waals surface area contributed by atoms with Gasteiger partial charge in [-0.25, -0.2) is 4.98 Å². The molecule has 0 saturated heterocycles. The molecule has 0 saturated carbocycles. The van der Waals surface area contributed by atoms with Crippen LogP contribution >= 0.6 is 11.3 Å². The third-order valence-electron chi connectivity index (χ3n) is 5.26. The number of aromatic nitrogens is 3. The van der Waals surface area contributed by atoms with Crippen LogP contribution in [0, 0.1) is 0 Å². The van der Waals surface area contributed by atoms with E-state index >= 15 is 0 Å². The highest BCUT2D eigenvalue weighted by Gasteiger charge is 2.16. The van der Waals surface area contributed by atoms with Crippen molar-refractivity contribution in [2.24, 2.45) is 0 Å². The topological polar surface area (TPSA) is 77.0 Å². The van der Waals surface area contributed by atoms with E-state index in [4.69, 9.17) is 9.72 Å². The standard InChI is InChI=1S/C27H22N4O2S/c32-26(29-27-31-30-25(34-27)16-9-17-33-20-12-5-2-6-13-20)22-18-24(19-10-3-1-4-11-19)28-23-15-8-7-14-21(22)23/h1-8,10-15,18H,9,16-17H2,(H,29,31,32). The number of fused-ring (bicyclic) bond motifs is 1. The zero-order valence-electron chi connectivity index (χ0n) is 18.3. The number of nitrogens with zero attached hydrogens (tertiary/aromatic N) is 3. The van der Waals surface area contributed by atoms with Crippen molar-refractivity contribution in [2.75, 3.05) is 11.9 Å². The number of anilines is 1. The highest BCUT2D eigenvalue weighted by atomic mass is 32.1. The third-order valence-corrected chi connectivity index (χ3v) is 6.16. The van der Waals surface area contributed by atoms with Crippen LogP contribution in [0.15, 0.2) is 91.0 Å². The van der Waals surface area contributed by atoms with Gasteiger partial charge in [0.25, 0.3) is 5.91 Å². The molecular weight excluding hydrogens is 444 g/mol. The van der Waals surface area contributed by atoms with Crippen LogP contribution in [0.4, 0.5) is 5.13 Å². The average molecular weight is 467 g/mol. The first-order chi connectivity index (χ1) is 16.8. The summed E-state index contributed by atoms with van der Waals surface area (Å²) in [5.74, 6) is 0.623. The Balaban J connectivity index is 1.28. The summed E-state index contributed by atoms with van der Waals surface area (Å²) < 4.78 is 5.73. The van der Waals surface area contributed by atoms with Crippen LogP contribution in [0.3, 0.4) is 0 Å². The molecule has 5 aromatic rings. The molecule has 1 N–H and O–H groups in total. The predicted molar refractivity (Wildman–Crippen MR) is 135 cm³/mol. The second kappa shape index (κ2) is 10.2. The first-order valence-corrected chi connectivity index (χ1v) is 11.8. The lowest BCUT2D eigenvalue weighted by Gasteiger charge is -2.09. The molecule has 0 atom stereocenters. The van der Waals surface area contributed by atoms with Gasteiger partial charge in [0.1, 0.15) is 10.8 Å². The minimum Gasteiger partial charge on any atom is -0.494 e. The molecule has 0 bridgehead atoms. The largest absolute Gasteiger partial charge is 0.494 e. The van der Waals surface area contributed by atoms with Crippen molar-refractivity contribution in [2.45, 2.75) is 12.8 Å². The Morgan fingerprint density at radius 2 is 1.62 bits per heavy atom. The second-order valence-electron chi connectivity index (χ2n) is 7.66. The summed E-state index contributed by atoms with van der Waals surface area (Å²) in [7, 11) is 0. The van der Waals surface area contributed by atoms with E-state index in [1.54, 1.807) is 0 Å². The van der Waals surface area contributed by atoms with Crippen LogP contribution in [0.2, 0.25) is 0 Å². The summed E-state index contributed by atoms with van der Waals surface area (Å²) >= 11 is 1.38. The summed E-state index contributed by atoms with van der Waals surface area (Å²) in [6.45, 7) is 0.594. The van der Waals surface area contributed by atoms with E-state index in [0.29, 0.717) is 17.3 Å². The van der Waals surface area contributed by atoms with Gasteiger partial charge in [-0.05, 0) is 30.7 Å². The Hall–Kier alpha value is -4.10. The maximum absolute atomic E-state index is 13.2. The lowest BCUT2D eigenvalue weighted by molar-refractivity contribution is 0.102. The number of hydrogen-bond acceptors (Lipinski definition) is 6. The SMILES string of the molecule is O=C(Nc1nnc(CCCOc2ccccc2)s1)c1cc(-c2ccccc2)nc2ccccc12. The number of pyridine rings is 1. The molecule has 7 heteroatoms. The number of benzene rings is 3. The first kappa shape index (κ1) is 21.7. The molecule has 2 heterocycles. The van der Waals surface area contributed by atoms with Gasteiger partial charge in [-0.15, -0.1) is 10.2 Å². The molecule has 0 radical (unpaired) electrons. The molecule has 2 aromatic heterocycles. The zero-order valence-corrected chi connectivity index (χ0v) is 19.2. The number of carbonyl (C=O) groups is 1. The molecule has 0 unspecified atom stereocenters. The van der Waals surface area contributed by atoms with E-state index in [1.807, 2.05) is 91.0 Å². The number of amides is 1. The maximum Gasteiger partial charge on any atom is 0.258 e. The van der Waals surface area contributed by atoms with Gasteiger partial charge in [0, 0.05) is 17.4 Å². The second-order valence-corrected chi connectivity index (χ2v) is 8.72. The van der Waals surface area contributed by atoms with Crippen molar-refractivity contribution in [3.63, 3.8) is 0 Å². The van der Waals surface area contributed by atoms with E-state index in [0.717, 1.165) is 45.8 Å². The van der Waals surface area contributed by atoms with Gasteiger partial charge in [0.15, 0.2) is 0 Å². The fourth-order valence-corrected chi connectivity index (χ4v) is 4.40. The molecule has 1 amide bonds. The van der Waals surface area contributed by atoms with E-state index < -0.39 is 0 Å². The monoisotopic (exact) mass is 466 g/mol. The minimum absolute atomic E-state index is 0.231. The number of rotatable bonds is 8. The van der Waals surface area contributed by atoms with E-state index in [2.05, 4.69) is 15.5 Å². The Morgan fingerprint density at radius 3 is 2.44 bits per heavy atom. The van der Waals surface area contributed by atoms with Gasteiger partial charge < -0.3 is 4.74 Å². The number of aryl methyl sites for hydroxylation is 1. The minimum atomic E-state index is -0.231. The van der Waals surface area contributed by atoms with E-state index in [1.165, 1.54) is 11.3 Å². The number of carbonyl (C=O) groups excluding carboxylic acids is 1. The van der Waals surface area contributed by atoms with E-state index in [9.17, 15) is 4.79 Å². The number of ether oxygens (including phenoxy) is 1. The van der Waals surface area contributed by atoms with Crippen molar-refractivity contribution in [1.82, 2.24) is 15.2 Å². The summed E-state index contributed by atoms with van der Waals surface area (Å²) in [5.41, 5.74) is 3.03. The summed E-state index contributed by atoms with van der Waals surface area (Å²) in [5, 5.41) is 13.4. The average Bonchev–Trinajstić information content (AvgIpc) is 3.34.